The Morgan fingerprint density at radius 2 is 1.65 bits per heavy atom. The molecule has 3 aliphatic rings. The van der Waals surface area contributed by atoms with Gasteiger partial charge < -0.3 is 5.11 Å². The average molecular weight is 269 g/mol. The quantitative estimate of drug-likeness (QED) is 0.896. The molecule has 3 nitrogen and oxygen atoms in total. The SMILES string of the molecule is O=C1C(C2(N3CCCCC3)CC2)=C(O)c2ccccc21. The van der Waals surface area contributed by atoms with Crippen LogP contribution in [0.3, 0.4) is 0 Å². The van der Waals surface area contributed by atoms with E-state index >= 15 is 0 Å². The van der Waals surface area contributed by atoms with E-state index in [1.165, 1.54) is 19.3 Å². The molecule has 1 N–H and O–H groups in total. The first-order valence-electron chi connectivity index (χ1n) is 7.57. The number of ketones is 1. The van der Waals surface area contributed by atoms with Crippen LogP contribution in [-0.4, -0.2) is 34.4 Å². The second kappa shape index (κ2) is 4.19. The maximum Gasteiger partial charge on any atom is 0.195 e. The Labute approximate surface area is 118 Å². The molecule has 0 unspecified atom stereocenters. The molecule has 0 amide bonds. The number of benzene rings is 1. The summed E-state index contributed by atoms with van der Waals surface area (Å²) >= 11 is 0. The molecule has 2 aliphatic carbocycles. The average Bonchev–Trinajstić information content (AvgIpc) is 3.25. The number of Topliss-reactive ketones (excluding diaryl/α,β-unsaturated/α-hetero) is 1. The van der Waals surface area contributed by atoms with Crippen molar-refractivity contribution in [2.24, 2.45) is 0 Å². The molecule has 1 aromatic carbocycles. The van der Waals surface area contributed by atoms with E-state index in [-0.39, 0.29) is 17.1 Å². The summed E-state index contributed by atoms with van der Waals surface area (Å²) in [6.07, 6.45) is 5.71. The van der Waals surface area contributed by atoms with Gasteiger partial charge in [-0.2, -0.15) is 0 Å². The van der Waals surface area contributed by atoms with Gasteiger partial charge >= 0.3 is 0 Å². The summed E-state index contributed by atoms with van der Waals surface area (Å²) in [7, 11) is 0. The first-order chi connectivity index (χ1) is 9.74. The van der Waals surface area contributed by atoms with E-state index in [4.69, 9.17) is 0 Å². The van der Waals surface area contributed by atoms with Crippen LogP contribution in [-0.2, 0) is 0 Å². The van der Waals surface area contributed by atoms with Crippen LogP contribution < -0.4 is 0 Å². The van der Waals surface area contributed by atoms with Gasteiger partial charge in [0.15, 0.2) is 5.78 Å². The molecule has 0 bridgehead atoms. The second-order valence-corrected chi connectivity index (χ2v) is 6.18. The zero-order valence-electron chi connectivity index (χ0n) is 11.6. The van der Waals surface area contributed by atoms with Crippen LogP contribution in [0.25, 0.3) is 5.76 Å². The Kier molecular flexibility index (Phi) is 2.55. The Morgan fingerprint density at radius 1 is 1.00 bits per heavy atom. The fourth-order valence-electron chi connectivity index (χ4n) is 3.86. The standard InChI is InChI=1S/C17H19NO2/c19-15-12-6-2-3-7-13(12)16(20)14(15)17(8-9-17)18-10-4-1-5-11-18/h2-3,6-7,19H,1,4-5,8-11H2. The summed E-state index contributed by atoms with van der Waals surface area (Å²) in [5.74, 6) is 0.273. The van der Waals surface area contributed by atoms with Gasteiger partial charge in [-0.25, -0.2) is 0 Å². The van der Waals surface area contributed by atoms with Crippen molar-refractivity contribution in [2.75, 3.05) is 13.1 Å². The Morgan fingerprint density at radius 3 is 2.25 bits per heavy atom. The number of aliphatic hydroxyl groups is 1. The third kappa shape index (κ3) is 1.53. The van der Waals surface area contributed by atoms with Gasteiger partial charge in [-0.05, 0) is 38.8 Å². The largest absolute Gasteiger partial charge is 0.507 e. The summed E-state index contributed by atoms with van der Waals surface area (Å²) < 4.78 is 0. The minimum Gasteiger partial charge on any atom is -0.507 e. The van der Waals surface area contributed by atoms with E-state index in [1.54, 1.807) is 0 Å². The third-order valence-electron chi connectivity index (χ3n) is 5.04. The zero-order valence-corrected chi connectivity index (χ0v) is 11.6. The Hall–Kier alpha value is -1.61. The topological polar surface area (TPSA) is 40.5 Å². The van der Waals surface area contributed by atoms with Gasteiger partial charge in [-0.15, -0.1) is 0 Å². The highest BCUT2D eigenvalue weighted by Gasteiger charge is 2.56. The van der Waals surface area contributed by atoms with E-state index < -0.39 is 0 Å². The van der Waals surface area contributed by atoms with E-state index in [0.29, 0.717) is 11.1 Å². The number of likely N-dealkylation sites (tertiary alicyclic amines) is 1. The van der Waals surface area contributed by atoms with E-state index in [1.807, 2.05) is 24.3 Å². The molecule has 104 valence electrons. The molecule has 1 aromatic rings. The number of hydrogen-bond acceptors (Lipinski definition) is 3. The summed E-state index contributed by atoms with van der Waals surface area (Å²) in [5.41, 5.74) is 1.89. The zero-order chi connectivity index (χ0) is 13.7. The van der Waals surface area contributed by atoms with Gasteiger partial charge in [-0.3, -0.25) is 9.69 Å². The van der Waals surface area contributed by atoms with Gasteiger partial charge in [0.05, 0.1) is 11.1 Å². The molecular weight excluding hydrogens is 250 g/mol. The molecule has 1 saturated carbocycles. The minimum absolute atomic E-state index is 0.0428. The number of piperidine rings is 1. The number of nitrogens with zero attached hydrogens (tertiary/aromatic N) is 1. The van der Waals surface area contributed by atoms with Crippen molar-refractivity contribution in [2.45, 2.75) is 37.6 Å². The number of aliphatic hydroxyl groups excluding tert-OH is 1. The highest BCUT2D eigenvalue weighted by molar-refractivity contribution is 6.21. The second-order valence-electron chi connectivity index (χ2n) is 6.18. The van der Waals surface area contributed by atoms with E-state index in [9.17, 15) is 9.90 Å². The van der Waals surface area contributed by atoms with Crippen LogP contribution in [0.15, 0.2) is 29.8 Å². The fraction of sp³-hybridized carbons (Fsp3) is 0.471. The molecule has 1 heterocycles. The van der Waals surface area contributed by atoms with Crippen LogP contribution in [0.2, 0.25) is 0 Å². The lowest BCUT2D eigenvalue weighted by Crippen LogP contribution is -2.43. The number of carbonyl (C=O) groups is 1. The van der Waals surface area contributed by atoms with Crippen LogP contribution in [0.1, 0.15) is 48.0 Å². The molecule has 20 heavy (non-hydrogen) atoms. The highest BCUT2D eigenvalue weighted by Crippen LogP contribution is 2.53. The lowest BCUT2D eigenvalue weighted by molar-refractivity contribution is 0.0983. The van der Waals surface area contributed by atoms with Crippen molar-refractivity contribution < 1.29 is 9.90 Å². The summed E-state index contributed by atoms with van der Waals surface area (Å²) in [5, 5.41) is 10.5. The number of carbonyl (C=O) groups excluding carboxylic acids is 1. The van der Waals surface area contributed by atoms with Crippen molar-refractivity contribution in [3.63, 3.8) is 0 Å². The first-order valence-corrected chi connectivity index (χ1v) is 7.57. The van der Waals surface area contributed by atoms with Crippen molar-refractivity contribution in [1.29, 1.82) is 0 Å². The summed E-state index contributed by atoms with van der Waals surface area (Å²) in [4.78, 5) is 15.1. The molecule has 2 fully saturated rings. The molecule has 0 spiro atoms. The van der Waals surface area contributed by atoms with E-state index in [2.05, 4.69) is 4.90 Å². The van der Waals surface area contributed by atoms with Crippen molar-refractivity contribution in [1.82, 2.24) is 4.90 Å². The Balaban J connectivity index is 1.76. The van der Waals surface area contributed by atoms with Crippen LogP contribution >= 0.6 is 0 Å². The van der Waals surface area contributed by atoms with Crippen molar-refractivity contribution in [3.05, 3.63) is 41.0 Å². The summed E-state index contributed by atoms with van der Waals surface area (Å²) in [6.45, 7) is 2.11. The molecule has 0 atom stereocenters. The smallest absolute Gasteiger partial charge is 0.195 e. The molecule has 0 aromatic heterocycles. The number of rotatable bonds is 2. The van der Waals surface area contributed by atoms with Crippen LogP contribution in [0.4, 0.5) is 0 Å². The molecule has 1 saturated heterocycles. The molecule has 3 heteroatoms. The fourth-order valence-corrected chi connectivity index (χ4v) is 3.86. The minimum atomic E-state index is -0.166. The monoisotopic (exact) mass is 269 g/mol. The van der Waals surface area contributed by atoms with Gasteiger partial charge in [0, 0.05) is 11.1 Å². The number of hydrogen-bond donors (Lipinski definition) is 1. The first kappa shape index (κ1) is 12.2. The molecule has 4 rings (SSSR count). The molecule has 1 aliphatic heterocycles. The summed E-state index contributed by atoms with van der Waals surface area (Å²) in [6, 6.07) is 7.42. The van der Waals surface area contributed by atoms with Gasteiger partial charge in [0.2, 0.25) is 0 Å². The lowest BCUT2D eigenvalue weighted by Gasteiger charge is -2.35. The molecular formula is C17H19NO2. The van der Waals surface area contributed by atoms with E-state index in [0.717, 1.165) is 31.5 Å². The maximum atomic E-state index is 12.7. The lowest BCUT2D eigenvalue weighted by atomic mass is 9.96. The third-order valence-corrected chi connectivity index (χ3v) is 5.04. The normalized spacial score (nSPS) is 24.9. The van der Waals surface area contributed by atoms with Gasteiger partial charge in [-0.1, -0.05) is 30.7 Å². The number of fused-ring (bicyclic) bond motifs is 1. The van der Waals surface area contributed by atoms with Gasteiger partial charge in [0.1, 0.15) is 5.76 Å². The van der Waals surface area contributed by atoms with Crippen LogP contribution in [0.5, 0.6) is 0 Å². The van der Waals surface area contributed by atoms with Crippen LogP contribution in [0, 0.1) is 0 Å². The van der Waals surface area contributed by atoms with Gasteiger partial charge in [0.25, 0.3) is 0 Å². The predicted molar refractivity (Wildman–Crippen MR) is 77.7 cm³/mol. The Bertz CT molecular complexity index is 607. The maximum absolute atomic E-state index is 12.7. The molecule has 0 radical (unpaired) electrons. The predicted octanol–water partition coefficient (Wildman–Crippen LogP) is 3.17. The highest BCUT2D eigenvalue weighted by atomic mass is 16.3. The van der Waals surface area contributed by atoms with Crippen molar-refractivity contribution >= 4 is 11.5 Å². The van der Waals surface area contributed by atoms with Crippen molar-refractivity contribution in [3.8, 4) is 0 Å².